The van der Waals surface area contributed by atoms with Crippen LogP contribution in [-0.4, -0.2) is 24.0 Å². The second-order valence-electron chi connectivity index (χ2n) is 5.50. The first kappa shape index (κ1) is 20.8. The van der Waals surface area contributed by atoms with Crippen LogP contribution in [0.3, 0.4) is 0 Å². The van der Waals surface area contributed by atoms with Crippen LogP contribution in [0.1, 0.15) is 34.9 Å². The van der Waals surface area contributed by atoms with Crippen molar-refractivity contribution in [3.05, 3.63) is 51.5 Å². The highest BCUT2D eigenvalue weighted by atomic mass is 32.1. The van der Waals surface area contributed by atoms with E-state index in [1.165, 1.54) is 10.9 Å². The molecule has 0 radical (unpaired) electrons. The Morgan fingerprint density at radius 2 is 2.07 bits per heavy atom. The molecule has 1 heterocycles. The monoisotopic (exact) mass is 394 g/mol. The fourth-order valence-electron chi connectivity index (χ4n) is 2.12. The van der Waals surface area contributed by atoms with Crippen LogP contribution in [0.2, 0.25) is 0 Å². The predicted octanol–water partition coefficient (Wildman–Crippen LogP) is 3.83. The third-order valence-corrected chi connectivity index (χ3v) is 4.56. The number of thiazole rings is 1. The van der Waals surface area contributed by atoms with E-state index < -0.39 is 11.7 Å². The topological polar surface area (TPSA) is 49.3 Å². The van der Waals surface area contributed by atoms with Gasteiger partial charge in [0.1, 0.15) is 5.01 Å². The summed E-state index contributed by atoms with van der Waals surface area (Å²) in [6.07, 6.45) is -1.56. The molecule has 2 aromatic rings. The standard InChI is InChI=1S/C19H21F3N4S/c1-3-16-12-25-17(27-16)13-26-18(23-4-2)24-10-6-8-14-7-5-9-15(11-14)19(20,21)22/h5,7,9,11-12H,3-4,10,13H2,1-2H3,(H2,23,24,26). The van der Waals surface area contributed by atoms with Crippen LogP contribution < -0.4 is 10.6 Å². The van der Waals surface area contributed by atoms with E-state index in [1.807, 2.05) is 13.1 Å². The summed E-state index contributed by atoms with van der Waals surface area (Å²) in [6.45, 7) is 5.44. The van der Waals surface area contributed by atoms with Crippen molar-refractivity contribution in [2.75, 3.05) is 13.1 Å². The zero-order chi connectivity index (χ0) is 19.7. The minimum Gasteiger partial charge on any atom is -0.357 e. The van der Waals surface area contributed by atoms with Gasteiger partial charge in [0.05, 0.1) is 18.7 Å². The van der Waals surface area contributed by atoms with Crippen molar-refractivity contribution in [2.45, 2.75) is 33.0 Å². The lowest BCUT2D eigenvalue weighted by Gasteiger charge is -2.08. The lowest BCUT2D eigenvalue weighted by molar-refractivity contribution is -0.137. The van der Waals surface area contributed by atoms with E-state index in [2.05, 4.69) is 39.4 Å². The summed E-state index contributed by atoms with van der Waals surface area (Å²) in [6, 6.07) is 4.97. The molecule has 0 aliphatic heterocycles. The number of aryl methyl sites for hydroxylation is 1. The average molecular weight is 394 g/mol. The fourth-order valence-corrected chi connectivity index (χ4v) is 2.91. The maximum atomic E-state index is 12.7. The number of hydrogen-bond acceptors (Lipinski definition) is 3. The maximum absolute atomic E-state index is 12.7. The number of aromatic nitrogens is 1. The van der Waals surface area contributed by atoms with Crippen molar-refractivity contribution >= 4 is 17.3 Å². The predicted molar refractivity (Wildman–Crippen MR) is 103 cm³/mol. The third kappa shape index (κ3) is 6.94. The van der Waals surface area contributed by atoms with Crippen molar-refractivity contribution in [3.63, 3.8) is 0 Å². The first-order valence-electron chi connectivity index (χ1n) is 8.54. The van der Waals surface area contributed by atoms with Crippen LogP contribution in [0, 0.1) is 11.8 Å². The number of nitrogens with zero attached hydrogens (tertiary/aromatic N) is 2. The van der Waals surface area contributed by atoms with Crippen molar-refractivity contribution < 1.29 is 13.2 Å². The minimum atomic E-state index is -4.37. The molecule has 0 saturated heterocycles. The highest BCUT2D eigenvalue weighted by Crippen LogP contribution is 2.29. The zero-order valence-electron chi connectivity index (χ0n) is 15.2. The van der Waals surface area contributed by atoms with E-state index in [0.29, 0.717) is 24.6 Å². The Balaban J connectivity index is 1.95. The van der Waals surface area contributed by atoms with Gasteiger partial charge >= 0.3 is 6.18 Å². The van der Waals surface area contributed by atoms with Crippen LogP contribution in [-0.2, 0) is 19.1 Å². The highest BCUT2D eigenvalue weighted by molar-refractivity contribution is 7.11. The molecule has 0 amide bonds. The van der Waals surface area contributed by atoms with Crippen LogP contribution >= 0.6 is 11.3 Å². The van der Waals surface area contributed by atoms with Gasteiger partial charge in [-0.05, 0) is 31.5 Å². The molecule has 1 aromatic heterocycles. The Morgan fingerprint density at radius 1 is 1.26 bits per heavy atom. The molecule has 0 atom stereocenters. The van der Waals surface area contributed by atoms with E-state index in [1.54, 1.807) is 17.4 Å². The van der Waals surface area contributed by atoms with Gasteiger partial charge in [-0.25, -0.2) is 9.98 Å². The molecule has 2 N–H and O–H groups in total. The molecule has 4 nitrogen and oxygen atoms in total. The molecule has 0 bridgehead atoms. The summed E-state index contributed by atoms with van der Waals surface area (Å²) in [5.41, 5.74) is -0.379. The maximum Gasteiger partial charge on any atom is 0.416 e. The molecule has 0 spiro atoms. The number of aliphatic imine (C=N–C) groups is 1. The summed E-state index contributed by atoms with van der Waals surface area (Å²) in [7, 11) is 0. The molecule has 0 unspecified atom stereocenters. The molecule has 2 rings (SSSR count). The number of rotatable bonds is 5. The number of halogens is 3. The van der Waals surface area contributed by atoms with Crippen molar-refractivity contribution in [1.29, 1.82) is 0 Å². The number of nitrogens with one attached hydrogen (secondary N) is 2. The van der Waals surface area contributed by atoms with Gasteiger partial charge in [0.2, 0.25) is 0 Å². The lowest BCUT2D eigenvalue weighted by Crippen LogP contribution is -2.37. The van der Waals surface area contributed by atoms with Gasteiger partial charge in [-0.3, -0.25) is 0 Å². The first-order chi connectivity index (χ1) is 12.9. The summed E-state index contributed by atoms with van der Waals surface area (Å²) in [5.74, 6) is 6.14. The Bertz CT molecular complexity index is 831. The Morgan fingerprint density at radius 3 is 2.74 bits per heavy atom. The molecule has 0 aliphatic carbocycles. The van der Waals surface area contributed by atoms with Gasteiger partial charge in [-0.1, -0.05) is 24.8 Å². The third-order valence-electron chi connectivity index (χ3n) is 3.43. The number of alkyl halides is 3. The Kier molecular flexibility index (Phi) is 7.67. The molecule has 1 aromatic carbocycles. The first-order valence-corrected chi connectivity index (χ1v) is 9.36. The molecule has 0 fully saturated rings. The smallest absolute Gasteiger partial charge is 0.357 e. The van der Waals surface area contributed by atoms with Crippen LogP contribution in [0.15, 0.2) is 35.5 Å². The van der Waals surface area contributed by atoms with Crippen molar-refractivity contribution in [1.82, 2.24) is 15.6 Å². The summed E-state index contributed by atoms with van der Waals surface area (Å²) in [5, 5.41) is 7.08. The van der Waals surface area contributed by atoms with Crippen LogP contribution in [0.4, 0.5) is 13.2 Å². The minimum absolute atomic E-state index is 0.264. The van der Waals surface area contributed by atoms with E-state index >= 15 is 0 Å². The summed E-state index contributed by atoms with van der Waals surface area (Å²) >= 11 is 1.63. The van der Waals surface area contributed by atoms with E-state index in [-0.39, 0.29) is 6.54 Å². The number of hydrogen-bond donors (Lipinski definition) is 2. The second kappa shape index (κ2) is 9.97. The van der Waals surface area contributed by atoms with Gasteiger partial charge in [-0.15, -0.1) is 11.3 Å². The highest BCUT2D eigenvalue weighted by Gasteiger charge is 2.30. The van der Waals surface area contributed by atoms with E-state index in [4.69, 9.17) is 0 Å². The van der Waals surface area contributed by atoms with Gasteiger partial charge < -0.3 is 10.6 Å². The van der Waals surface area contributed by atoms with E-state index in [0.717, 1.165) is 23.6 Å². The molecule has 8 heteroatoms. The SMILES string of the molecule is CCNC(=NCc1ncc(CC)s1)NCC#Cc1cccc(C(F)(F)F)c1. The molecule has 27 heavy (non-hydrogen) atoms. The molecular weight excluding hydrogens is 373 g/mol. The number of benzene rings is 1. The quantitative estimate of drug-likeness (QED) is 0.460. The Labute approximate surface area is 160 Å². The van der Waals surface area contributed by atoms with Crippen LogP contribution in [0.25, 0.3) is 0 Å². The second-order valence-corrected chi connectivity index (χ2v) is 6.70. The van der Waals surface area contributed by atoms with Gasteiger partial charge in [-0.2, -0.15) is 13.2 Å². The van der Waals surface area contributed by atoms with Crippen LogP contribution in [0.5, 0.6) is 0 Å². The van der Waals surface area contributed by atoms with Gasteiger partial charge in [0.25, 0.3) is 0 Å². The summed E-state index contributed by atoms with van der Waals surface area (Å²) < 4.78 is 38.1. The van der Waals surface area contributed by atoms with E-state index in [9.17, 15) is 13.2 Å². The number of guanidine groups is 1. The molecule has 144 valence electrons. The average Bonchev–Trinajstić information content (AvgIpc) is 3.11. The van der Waals surface area contributed by atoms with Crippen molar-refractivity contribution in [3.8, 4) is 11.8 Å². The van der Waals surface area contributed by atoms with Crippen molar-refractivity contribution in [2.24, 2.45) is 4.99 Å². The van der Waals surface area contributed by atoms with Gasteiger partial charge in [0.15, 0.2) is 5.96 Å². The Hall–Kier alpha value is -2.53. The fraction of sp³-hybridized carbons (Fsp3) is 0.368. The lowest BCUT2D eigenvalue weighted by atomic mass is 10.1. The molecular formula is C19H21F3N4S. The molecule has 0 saturated carbocycles. The molecule has 0 aliphatic rings. The largest absolute Gasteiger partial charge is 0.416 e. The normalized spacial score (nSPS) is 11.7. The van der Waals surface area contributed by atoms with Gasteiger partial charge in [0, 0.05) is 23.2 Å². The summed E-state index contributed by atoms with van der Waals surface area (Å²) in [4.78, 5) is 9.98. The zero-order valence-corrected chi connectivity index (χ0v) is 16.0.